The van der Waals surface area contributed by atoms with E-state index in [1.165, 1.54) is 19.3 Å². The molecule has 1 aliphatic heterocycles. The summed E-state index contributed by atoms with van der Waals surface area (Å²) in [5, 5.41) is 9.96. The van der Waals surface area contributed by atoms with Crippen molar-refractivity contribution in [3.8, 4) is 11.5 Å². The Morgan fingerprint density at radius 3 is 2.54 bits per heavy atom. The number of piperazine rings is 1. The second-order valence-electron chi connectivity index (χ2n) is 7.48. The molecule has 2 aromatic rings. The molecular weight excluding hydrogens is 324 g/mol. The highest BCUT2D eigenvalue weighted by Gasteiger charge is 2.27. The normalized spacial score (nSPS) is 21.3. The van der Waals surface area contributed by atoms with Gasteiger partial charge in [-0.15, -0.1) is 0 Å². The molecule has 138 valence electrons. The Hall–Kier alpha value is -2.04. The molecule has 0 saturated carbocycles. The first-order chi connectivity index (χ1) is 12.7. The zero-order valence-corrected chi connectivity index (χ0v) is 15.5. The second kappa shape index (κ2) is 7.68. The molecule has 0 radical (unpaired) electrons. The molecule has 0 aromatic heterocycles. The van der Waals surface area contributed by atoms with Crippen LogP contribution in [-0.2, 0) is 19.4 Å². The molecular formula is C22H28N2O2. The van der Waals surface area contributed by atoms with Gasteiger partial charge in [0.15, 0.2) is 11.5 Å². The quantitative estimate of drug-likeness (QED) is 0.917. The highest BCUT2D eigenvalue weighted by atomic mass is 16.5. The average molecular weight is 352 g/mol. The molecule has 0 bridgehead atoms. The van der Waals surface area contributed by atoms with Crippen LogP contribution in [0.4, 0.5) is 0 Å². The number of hydrogen-bond donors (Lipinski definition) is 1. The van der Waals surface area contributed by atoms with Crippen LogP contribution in [0.1, 0.15) is 23.1 Å². The van der Waals surface area contributed by atoms with Crippen molar-refractivity contribution in [3.05, 3.63) is 59.2 Å². The molecule has 1 atom stereocenters. The van der Waals surface area contributed by atoms with Crippen LogP contribution in [0.3, 0.4) is 0 Å². The number of aromatic hydroxyl groups is 1. The van der Waals surface area contributed by atoms with Gasteiger partial charge in [0.2, 0.25) is 0 Å². The summed E-state index contributed by atoms with van der Waals surface area (Å²) in [4.78, 5) is 5.16. The number of aryl methyl sites for hydroxylation is 1. The molecule has 0 amide bonds. The van der Waals surface area contributed by atoms with Crippen LogP contribution < -0.4 is 4.74 Å². The Balaban J connectivity index is 1.31. The second-order valence-corrected chi connectivity index (χ2v) is 7.48. The lowest BCUT2D eigenvalue weighted by Crippen LogP contribution is -2.51. The summed E-state index contributed by atoms with van der Waals surface area (Å²) in [6, 6.07) is 15.3. The first-order valence-electron chi connectivity index (χ1n) is 9.62. The number of hydrogen-bond acceptors (Lipinski definition) is 4. The van der Waals surface area contributed by atoms with Gasteiger partial charge in [0.1, 0.15) is 0 Å². The summed E-state index contributed by atoms with van der Waals surface area (Å²) in [6.07, 6.45) is 3.69. The van der Waals surface area contributed by atoms with Gasteiger partial charge in [0.25, 0.3) is 0 Å². The van der Waals surface area contributed by atoms with E-state index in [1.807, 2.05) is 18.2 Å². The number of benzene rings is 2. The van der Waals surface area contributed by atoms with Crippen molar-refractivity contribution in [2.75, 3.05) is 33.3 Å². The van der Waals surface area contributed by atoms with Crippen molar-refractivity contribution in [1.29, 1.82) is 0 Å². The van der Waals surface area contributed by atoms with Crippen LogP contribution in [-0.4, -0.2) is 54.2 Å². The molecule has 0 unspecified atom stereocenters. The number of phenolic OH excluding ortho intramolecular Hbond substituents is 1. The van der Waals surface area contributed by atoms with Crippen molar-refractivity contribution in [3.63, 3.8) is 0 Å². The molecule has 1 heterocycles. The molecule has 1 saturated heterocycles. The minimum atomic E-state index is 0.226. The predicted molar refractivity (Wildman–Crippen MR) is 104 cm³/mol. The van der Waals surface area contributed by atoms with Crippen molar-refractivity contribution in [2.45, 2.75) is 31.8 Å². The third-order valence-electron chi connectivity index (χ3n) is 5.89. The smallest absolute Gasteiger partial charge is 0.160 e. The van der Waals surface area contributed by atoms with E-state index in [0.717, 1.165) is 38.3 Å². The molecule has 26 heavy (non-hydrogen) atoms. The van der Waals surface area contributed by atoms with E-state index in [-0.39, 0.29) is 5.75 Å². The first kappa shape index (κ1) is 17.4. The lowest BCUT2D eigenvalue weighted by atomic mass is 9.87. The highest BCUT2D eigenvalue weighted by molar-refractivity contribution is 5.41. The van der Waals surface area contributed by atoms with Crippen LogP contribution in [0, 0.1) is 0 Å². The lowest BCUT2D eigenvalue weighted by molar-refractivity contribution is 0.0856. The lowest BCUT2D eigenvalue weighted by Gasteiger charge is -2.41. The maximum Gasteiger partial charge on any atom is 0.160 e. The van der Waals surface area contributed by atoms with Crippen molar-refractivity contribution in [2.24, 2.45) is 0 Å². The van der Waals surface area contributed by atoms with E-state index >= 15 is 0 Å². The fraction of sp³-hybridized carbons (Fsp3) is 0.455. The minimum Gasteiger partial charge on any atom is -0.504 e. The summed E-state index contributed by atoms with van der Waals surface area (Å²) in [6.45, 7) is 5.33. The van der Waals surface area contributed by atoms with Gasteiger partial charge in [-0.2, -0.15) is 0 Å². The van der Waals surface area contributed by atoms with E-state index in [0.29, 0.717) is 11.8 Å². The fourth-order valence-electron chi connectivity index (χ4n) is 4.37. The van der Waals surface area contributed by atoms with Crippen LogP contribution in [0.5, 0.6) is 11.5 Å². The van der Waals surface area contributed by atoms with Crippen molar-refractivity contribution >= 4 is 0 Å². The Bertz CT molecular complexity index is 754. The van der Waals surface area contributed by atoms with E-state index in [9.17, 15) is 5.11 Å². The Labute approximate surface area is 156 Å². The summed E-state index contributed by atoms with van der Waals surface area (Å²) in [5.74, 6) is 0.764. The van der Waals surface area contributed by atoms with Gasteiger partial charge in [-0.3, -0.25) is 9.80 Å². The third kappa shape index (κ3) is 3.71. The highest BCUT2D eigenvalue weighted by Crippen LogP contribution is 2.28. The zero-order chi connectivity index (χ0) is 17.9. The first-order valence-corrected chi connectivity index (χ1v) is 9.62. The maximum atomic E-state index is 9.96. The number of methoxy groups -OCH3 is 1. The Kier molecular flexibility index (Phi) is 5.14. The number of fused-ring (bicyclic) bond motifs is 1. The Morgan fingerprint density at radius 1 is 1.04 bits per heavy atom. The molecule has 1 aliphatic carbocycles. The monoisotopic (exact) mass is 352 g/mol. The third-order valence-corrected chi connectivity index (χ3v) is 5.89. The summed E-state index contributed by atoms with van der Waals surface area (Å²) >= 11 is 0. The van der Waals surface area contributed by atoms with Gasteiger partial charge in [-0.25, -0.2) is 0 Å². The average Bonchev–Trinajstić information content (AvgIpc) is 2.68. The largest absolute Gasteiger partial charge is 0.504 e. The number of phenols is 1. The van der Waals surface area contributed by atoms with E-state index in [4.69, 9.17) is 4.74 Å². The molecule has 2 aliphatic rings. The zero-order valence-electron chi connectivity index (χ0n) is 15.5. The van der Waals surface area contributed by atoms with E-state index in [1.54, 1.807) is 18.2 Å². The standard InChI is InChI=1S/C22H28N2O2/c1-26-22-9-6-17(14-21(22)25)16-23-10-12-24(13-11-23)20-8-7-18-4-2-3-5-19(18)15-20/h2-6,9,14,20,25H,7-8,10-13,15-16H2,1H3/t20-/m1/s1. The van der Waals surface area contributed by atoms with Crippen LogP contribution in [0.25, 0.3) is 0 Å². The van der Waals surface area contributed by atoms with Gasteiger partial charge in [-0.05, 0) is 48.1 Å². The SMILES string of the molecule is COc1ccc(CN2CCN([C@@H]3CCc4ccccc4C3)CC2)cc1O. The summed E-state index contributed by atoms with van der Waals surface area (Å²) in [7, 11) is 1.58. The van der Waals surface area contributed by atoms with Gasteiger partial charge >= 0.3 is 0 Å². The number of rotatable bonds is 4. The topological polar surface area (TPSA) is 35.9 Å². The van der Waals surface area contributed by atoms with Crippen LogP contribution in [0.15, 0.2) is 42.5 Å². The predicted octanol–water partition coefficient (Wildman–Crippen LogP) is 3.08. The summed E-state index contributed by atoms with van der Waals surface area (Å²) in [5.41, 5.74) is 4.23. The molecule has 2 aromatic carbocycles. The van der Waals surface area contributed by atoms with Gasteiger partial charge in [0, 0.05) is 38.8 Å². The molecule has 1 fully saturated rings. The summed E-state index contributed by atoms with van der Waals surface area (Å²) < 4.78 is 5.13. The minimum absolute atomic E-state index is 0.226. The maximum absolute atomic E-state index is 9.96. The number of ether oxygens (including phenoxy) is 1. The van der Waals surface area contributed by atoms with Gasteiger partial charge in [-0.1, -0.05) is 30.3 Å². The van der Waals surface area contributed by atoms with Gasteiger partial charge in [0.05, 0.1) is 7.11 Å². The molecule has 4 heteroatoms. The molecule has 4 nitrogen and oxygen atoms in total. The van der Waals surface area contributed by atoms with E-state index < -0.39 is 0 Å². The molecule has 4 rings (SSSR count). The number of nitrogens with zero attached hydrogens (tertiary/aromatic N) is 2. The van der Waals surface area contributed by atoms with Crippen molar-refractivity contribution in [1.82, 2.24) is 9.80 Å². The molecule has 0 spiro atoms. The van der Waals surface area contributed by atoms with Gasteiger partial charge < -0.3 is 9.84 Å². The van der Waals surface area contributed by atoms with Crippen LogP contribution >= 0.6 is 0 Å². The molecule has 1 N–H and O–H groups in total. The Morgan fingerprint density at radius 2 is 1.81 bits per heavy atom. The fourth-order valence-corrected chi connectivity index (χ4v) is 4.37. The van der Waals surface area contributed by atoms with Crippen molar-refractivity contribution < 1.29 is 9.84 Å². The van der Waals surface area contributed by atoms with E-state index in [2.05, 4.69) is 34.1 Å². The van der Waals surface area contributed by atoms with Crippen LogP contribution in [0.2, 0.25) is 0 Å².